The van der Waals surface area contributed by atoms with Gasteiger partial charge in [-0.1, -0.05) is 32.6 Å². The highest BCUT2D eigenvalue weighted by atomic mass is 16.5. The smallest absolute Gasteiger partial charge is 0.212 e. The van der Waals surface area contributed by atoms with Gasteiger partial charge in [0.2, 0.25) is 5.91 Å². The molecule has 0 saturated carbocycles. The Morgan fingerprint density at radius 1 is 1.46 bits per heavy atom. The highest BCUT2D eigenvalue weighted by Crippen LogP contribution is 2.07. The largest absolute Gasteiger partial charge is 0.759 e. The highest BCUT2D eigenvalue weighted by Gasteiger charge is 2.07. The molecule has 0 aromatic carbocycles. The van der Waals surface area contributed by atoms with Gasteiger partial charge in [0.15, 0.2) is 0 Å². The zero-order valence-electron chi connectivity index (χ0n) is 8.08. The van der Waals surface area contributed by atoms with Crippen molar-refractivity contribution in [3.63, 3.8) is 0 Å². The third-order valence-corrected chi connectivity index (χ3v) is 1.93. The fourth-order valence-corrected chi connectivity index (χ4v) is 1.16. The molecule has 0 rings (SSSR count). The maximum atomic E-state index is 10.5. The maximum Gasteiger partial charge on any atom is 0.212 e. The lowest BCUT2D eigenvalue weighted by molar-refractivity contribution is -0.122. The van der Waals surface area contributed by atoms with Crippen molar-refractivity contribution in [2.75, 3.05) is 0 Å². The molecule has 2 N–H and O–H groups in total. The quantitative estimate of drug-likeness (QED) is 0.467. The lowest BCUT2D eigenvalue weighted by atomic mass is 10.1. The number of carbonyl (C=O) groups excluding carboxylic acids is 1. The number of hydrogen-bond acceptors (Lipinski definition) is 3. The normalized spacial score (nSPS) is 12.5. The molecule has 0 aliphatic heterocycles. The first-order valence-electron chi connectivity index (χ1n) is 4.79. The number of amides is 1. The number of unbranched alkanes of at least 4 members (excludes halogenated alkanes) is 3. The van der Waals surface area contributed by atoms with Gasteiger partial charge in [-0.3, -0.25) is 4.79 Å². The molecule has 13 heavy (non-hydrogen) atoms. The number of hydrogen-bond donors (Lipinski definition) is 2. The molecule has 0 radical (unpaired) electrons. The predicted molar refractivity (Wildman–Crippen MR) is 50.9 cm³/mol. The van der Waals surface area contributed by atoms with Gasteiger partial charge in [-0.2, -0.15) is 0 Å². The fourth-order valence-electron chi connectivity index (χ4n) is 1.16. The van der Waals surface area contributed by atoms with Gasteiger partial charge in [0, 0.05) is 0 Å². The van der Waals surface area contributed by atoms with Crippen molar-refractivity contribution in [3.8, 4) is 0 Å². The molecule has 78 valence electrons. The summed E-state index contributed by atoms with van der Waals surface area (Å²) in [5.41, 5.74) is 1.25. The summed E-state index contributed by atoms with van der Waals surface area (Å²) in [6.07, 6.45) is 4.17. The first-order valence-corrected chi connectivity index (χ1v) is 4.79. The van der Waals surface area contributed by atoms with Gasteiger partial charge in [-0.05, 0) is 6.42 Å². The van der Waals surface area contributed by atoms with E-state index in [0.717, 1.165) is 25.7 Å². The van der Waals surface area contributed by atoms with Crippen LogP contribution < -0.4 is 5.48 Å². The fraction of sp³-hybridized carbons (Fsp3) is 0.889. The van der Waals surface area contributed by atoms with Crippen LogP contribution in [-0.4, -0.2) is 17.1 Å². The van der Waals surface area contributed by atoms with Crippen LogP contribution in [-0.2, 0) is 4.79 Å². The summed E-state index contributed by atoms with van der Waals surface area (Å²) in [6, 6.07) is 0. The summed E-state index contributed by atoms with van der Waals surface area (Å²) < 4.78 is 0. The zero-order chi connectivity index (χ0) is 10.1. The topological polar surface area (TPSA) is 72.4 Å². The Kier molecular flexibility index (Phi) is 7.63. The highest BCUT2D eigenvalue weighted by molar-refractivity contribution is 5.76. The van der Waals surface area contributed by atoms with Crippen molar-refractivity contribution >= 4 is 5.91 Å². The molecule has 0 fully saturated rings. The average Bonchev–Trinajstić information content (AvgIpc) is 2.12. The average molecular weight is 188 g/mol. The molecule has 0 unspecified atom stereocenters. The number of aliphatic hydroxyl groups is 1. The maximum absolute atomic E-state index is 10.5. The molecule has 0 spiro atoms. The van der Waals surface area contributed by atoms with Crippen LogP contribution in [0.1, 0.15) is 45.4 Å². The van der Waals surface area contributed by atoms with E-state index in [1.54, 1.807) is 0 Å². The van der Waals surface area contributed by atoms with E-state index in [1.165, 1.54) is 5.48 Å². The van der Waals surface area contributed by atoms with Crippen LogP contribution >= 0.6 is 0 Å². The van der Waals surface area contributed by atoms with Gasteiger partial charge >= 0.3 is 0 Å². The third kappa shape index (κ3) is 7.74. The number of carbonyl (C=O) groups is 1. The Hall–Kier alpha value is -0.610. The van der Waals surface area contributed by atoms with Crippen LogP contribution in [0, 0.1) is 5.21 Å². The molecular weight excluding hydrogens is 170 g/mol. The van der Waals surface area contributed by atoms with Crippen molar-refractivity contribution < 1.29 is 9.90 Å². The lowest BCUT2D eigenvalue weighted by Crippen LogP contribution is -2.22. The molecule has 0 aromatic heterocycles. The van der Waals surface area contributed by atoms with Gasteiger partial charge in [-0.15, -0.1) is 0 Å². The summed E-state index contributed by atoms with van der Waals surface area (Å²) in [5.74, 6) is -0.636. The second-order valence-electron chi connectivity index (χ2n) is 3.23. The minimum atomic E-state index is -0.661. The first-order chi connectivity index (χ1) is 6.20. The molecule has 1 amide bonds. The minimum Gasteiger partial charge on any atom is -0.759 e. The third-order valence-electron chi connectivity index (χ3n) is 1.93. The Labute approximate surface area is 78.9 Å². The number of hydroxylamine groups is 1. The number of aliphatic hydroxyl groups excluding tert-OH is 1. The Morgan fingerprint density at radius 2 is 2.15 bits per heavy atom. The number of rotatable bonds is 7. The van der Waals surface area contributed by atoms with Gasteiger partial charge < -0.3 is 15.8 Å². The second kappa shape index (κ2) is 8.01. The van der Waals surface area contributed by atoms with Crippen LogP contribution in [0.5, 0.6) is 0 Å². The molecule has 0 aliphatic carbocycles. The summed E-state index contributed by atoms with van der Waals surface area (Å²) >= 11 is 0. The van der Waals surface area contributed by atoms with E-state index in [2.05, 4.69) is 6.92 Å². The molecule has 0 bridgehead atoms. The lowest BCUT2D eigenvalue weighted by Gasteiger charge is -2.12. The molecule has 4 heteroatoms. The molecular formula is C9H18NO3-. The van der Waals surface area contributed by atoms with Crippen LogP contribution in [0.25, 0.3) is 0 Å². The molecule has 0 saturated heterocycles. The van der Waals surface area contributed by atoms with E-state index >= 15 is 0 Å². The molecule has 0 heterocycles. The summed E-state index contributed by atoms with van der Waals surface area (Å²) in [4.78, 5) is 10.5. The zero-order valence-corrected chi connectivity index (χ0v) is 8.08. The van der Waals surface area contributed by atoms with Gasteiger partial charge in [0.25, 0.3) is 0 Å². The van der Waals surface area contributed by atoms with Gasteiger partial charge in [0.05, 0.1) is 12.5 Å². The Bertz CT molecular complexity index is 139. The van der Waals surface area contributed by atoms with Crippen molar-refractivity contribution in [1.29, 1.82) is 0 Å². The van der Waals surface area contributed by atoms with Crippen molar-refractivity contribution in [2.45, 2.75) is 51.6 Å². The van der Waals surface area contributed by atoms with Crippen molar-refractivity contribution in [2.24, 2.45) is 0 Å². The van der Waals surface area contributed by atoms with Crippen LogP contribution in [0.4, 0.5) is 0 Å². The SMILES string of the molecule is CCCCCC[C@@H](O)CC(=O)N[O-]. The van der Waals surface area contributed by atoms with E-state index in [9.17, 15) is 15.1 Å². The number of nitrogens with one attached hydrogen (secondary N) is 1. The Balaban J connectivity index is 3.29. The van der Waals surface area contributed by atoms with E-state index in [4.69, 9.17) is 0 Å². The summed E-state index contributed by atoms with van der Waals surface area (Å²) in [5, 5.41) is 19.1. The monoisotopic (exact) mass is 188 g/mol. The van der Waals surface area contributed by atoms with Crippen LogP contribution in [0.2, 0.25) is 0 Å². The minimum absolute atomic E-state index is 0.0738. The Morgan fingerprint density at radius 3 is 2.69 bits per heavy atom. The van der Waals surface area contributed by atoms with Gasteiger partial charge in [-0.25, -0.2) is 0 Å². The van der Waals surface area contributed by atoms with Crippen LogP contribution in [0.15, 0.2) is 0 Å². The van der Waals surface area contributed by atoms with E-state index in [1.807, 2.05) is 0 Å². The first kappa shape index (κ1) is 12.4. The van der Waals surface area contributed by atoms with E-state index < -0.39 is 12.0 Å². The molecule has 0 aliphatic rings. The summed E-state index contributed by atoms with van der Waals surface area (Å²) in [7, 11) is 0. The summed E-state index contributed by atoms with van der Waals surface area (Å²) in [6.45, 7) is 2.11. The second-order valence-corrected chi connectivity index (χ2v) is 3.23. The van der Waals surface area contributed by atoms with Crippen molar-refractivity contribution in [1.82, 2.24) is 5.48 Å². The molecule has 1 atom stereocenters. The predicted octanol–water partition coefficient (Wildman–Crippen LogP) is 1.32. The molecule has 4 nitrogen and oxygen atoms in total. The molecule has 0 aromatic rings. The van der Waals surface area contributed by atoms with Crippen molar-refractivity contribution in [3.05, 3.63) is 5.21 Å². The van der Waals surface area contributed by atoms with E-state index in [-0.39, 0.29) is 6.42 Å². The van der Waals surface area contributed by atoms with Crippen LogP contribution in [0.3, 0.4) is 0 Å². The van der Waals surface area contributed by atoms with E-state index in [0.29, 0.717) is 6.42 Å². The van der Waals surface area contributed by atoms with Gasteiger partial charge in [0.1, 0.15) is 0 Å². The standard InChI is InChI=1S/C9H18NO3/c1-2-3-4-5-6-8(11)7-9(12)10-13/h8,11H,2-7H2,1H3,(H-,10,12,13)/q-1/t8-/m1/s1.